The van der Waals surface area contributed by atoms with E-state index in [0.29, 0.717) is 0 Å². The van der Waals surface area contributed by atoms with Crippen LogP contribution in [-0.4, -0.2) is 27.2 Å². The van der Waals surface area contributed by atoms with Crippen LogP contribution in [0.3, 0.4) is 0 Å². The Balaban J connectivity index is 2.90. The lowest BCUT2D eigenvalue weighted by Gasteiger charge is -2.28. The summed E-state index contributed by atoms with van der Waals surface area (Å²) in [5, 5.41) is 12.6. The monoisotopic (exact) mass is 301 g/mol. The van der Waals surface area contributed by atoms with Crippen molar-refractivity contribution in [1.82, 2.24) is 9.97 Å². The molecule has 0 saturated heterocycles. The first-order chi connectivity index (χ1) is 8.03. The first-order valence-electron chi connectivity index (χ1n) is 5.95. The molecule has 17 heavy (non-hydrogen) atoms. The van der Waals surface area contributed by atoms with Crippen molar-refractivity contribution in [2.24, 2.45) is 0 Å². The highest BCUT2D eigenvalue weighted by Gasteiger charge is 2.21. The lowest BCUT2D eigenvalue weighted by molar-refractivity contribution is 0.218. The molecule has 0 radical (unpaired) electrons. The predicted octanol–water partition coefficient (Wildman–Crippen LogP) is 2.76. The molecular formula is C12H20BrN3O. The standard InChI is InChI=1S/C12H20BrN3O/c1-4-6-10-14-9(13)7-11(15-10)16-12(3,5-2)8-17/h7,17H,4-6,8H2,1-3H3,(H,14,15,16). The minimum atomic E-state index is -0.336. The molecule has 0 amide bonds. The van der Waals surface area contributed by atoms with E-state index >= 15 is 0 Å². The molecule has 0 aliphatic heterocycles. The molecular weight excluding hydrogens is 282 g/mol. The molecule has 0 aromatic carbocycles. The summed E-state index contributed by atoms with van der Waals surface area (Å²) in [7, 11) is 0. The molecule has 2 N–H and O–H groups in total. The second-order valence-corrected chi connectivity index (χ2v) is 5.25. The van der Waals surface area contributed by atoms with Crippen LogP contribution < -0.4 is 5.32 Å². The first kappa shape index (κ1) is 14.4. The van der Waals surface area contributed by atoms with Gasteiger partial charge >= 0.3 is 0 Å². The van der Waals surface area contributed by atoms with Crippen LogP contribution in [-0.2, 0) is 6.42 Å². The molecule has 1 unspecified atom stereocenters. The normalized spacial score (nSPS) is 14.4. The van der Waals surface area contributed by atoms with Crippen LogP contribution in [0.25, 0.3) is 0 Å². The van der Waals surface area contributed by atoms with Crippen molar-refractivity contribution in [2.45, 2.75) is 45.6 Å². The number of aliphatic hydroxyl groups excluding tert-OH is 1. The zero-order valence-corrected chi connectivity index (χ0v) is 12.2. The summed E-state index contributed by atoms with van der Waals surface area (Å²) in [4.78, 5) is 8.75. The van der Waals surface area contributed by atoms with Gasteiger partial charge < -0.3 is 10.4 Å². The third kappa shape index (κ3) is 4.24. The second-order valence-electron chi connectivity index (χ2n) is 4.44. The number of anilines is 1. The molecule has 1 aromatic rings. The van der Waals surface area contributed by atoms with Crippen molar-refractivity contribution < 1.29 is 5.11 Å². The molecule has 0 bridgehead atoms. The van der Waals surface area contributed by atoms with Gasteiger partial charge in [0.05, 0.1) is 12.1 Å². The highest BCUT2D eigenvalue weighted by atomic mass is 79.9. The molecule has 0 spiro atoms. The van der Waals surface area contributed by atoms with Gasteiger partial charge in [0.1, 0.15) is 16.2 Å². The molecule has 0 saturated carbocycles. The largest absolute Gasteiger partial charge is 0.394 e. The SMILES string of the molecule is CCCc1nc(Br)cc(NC(C)(CC)CO)n1. The Morgan fingerprint density at radius 1 is 1.41 bits per heavy atom. The maximum Gasteiger partial charge on any atom is 0.132 e. The average Bonchev–Trinajstić information content (AvgIpc) is 2.28. The summed E-state index contributed by atoms with van der Waals surface area (Å²) in [6, 6.07) is 1.84. The number of halogens is 1. The number of hydrogen-bond donors (Lipinski definition) is 2. The molecule has 1 heterocycles. The van der Waals surface area contributed by atoms with Gasteiger partial charge in [-0.3, -0.25) is 0 Å². The number of hydrogen-bond acceptors (Lipinski definition) is 4. The Morgan fingerprint density at radius 2 is 2.12 bits per heavy atom. The van der Waals surface area contributed by atoms with Crippen molar-refractivity contribution in [3.8, 4) is 0 Å². The molecule has 5 heteroatoms. The van der Waals surface area contributed by atoms with Crippen LogP contribution in [0.1, 0.15) is 39.4 Å². The molecule has 0 aliphatic carbocycles. The highest BCUT2D eigenvalue weighted by Crippen LogP contribution is 2.19. The van der Waals surface area contributed by atoms with Gasteiger partial charge in [0.25, 0.3) is 0 Å². The summed E-state index contributed by atoms with van der Waals surface area (Å²) in [5.41, 5.74) is -0.336. The quantitative estimate of drug-likeness (QED) is 0.793. The predicted molar refractivity (Wildman–Crippen MR) is 73.1 cm³/mol. The summed E-state index contributed by atoms with van der Waals surface area (Å²) in [5.74, 6) is 1.58. The number of aryl methyl sites for hydroxylation is 1. The van der Waals surface area contributed by atoms with E-state index in [0.717, 1.165) is 35.5 Å². The van der Waals surface area contributed by atoms with E-state index in [1.54, 1.807) is 0 Å². The number of nitrogens with one attached hydrogen (secondary N) is 1. The Bertz CT molecular complexity index is 367. The van der Waals surface area contributed by atoms with E-state index in [4.69, 9.17) is 0 Å². The average molecular weight is 302 g/mol. The summed E-state index contributed by atoms with van der Waals surface area (Å²) in [6.45, 7) is 6.18. The van der Waals surface area contributed by atoms with Crippen LogP contribution in [0.4, 0.5) is 5.82 Å². The fourth-order valence-corrected chi connectivity index (χ4v) is 1.83. The Labute approximate surface area is 111 Å². The minimum absolute atomic E-state index is 0.0776. The Kier molecular flexibility index (Phi) is 5.33. The molecule has 0 fully saturated rings. The summed E-state index contributed by atoms with van der Waals surface area (Å²) >= 11 is 3.38. The van der Waals surface area contributed by atoms with Crippen molar-refractivity contribution in [3.63, 3.8) is 0 Å². The van der Waals surface area contributed by atoms with Crippen LogP contribution in [0.15, 0.2) is 10.7 Å². The van der Waals surface area contributed by atoms with Crippen LogP contribution in [0.5, 0.6) is 0 Å². The topological polar surface area (TPSA) is 58.0 Å². The lowest BCUT2D eigenvalue weighted by Crippen LogP contribution is -2.38. The van der Waals surface area contributed by atoms with Gasteiger partial charge in [-0.15, -0.1) is 0 Å². The third-order valence-corrected chi connectivity index (χ3v) is 3.18. The molecule has 0 aliphatic rings. The Hall–Kier alpha value is -0.680. The zero-order chi connectivity index (χ0) is 12.9. The lowest BCUT2D eigenvalue weighted by atomic mass is 10.0. The number of nitrogens with zero attached hydrogens (tertiary/aromatic N) is 2. The van der Waals surface area contributed by atoms with E-state index in [1.807, 2.05) is 19.9 Å². The minimum Gasteiger partial charge on any atom is -0.394 e. The van der Waals surface area contributed by atoms with E-state index < -0.39 is 0 Å². The maximum absolute atomic E-state index is 9.37. The number of aliphatic hydroxyl groups is 1. The van der Waals surface area contributed by atoms with Gasteiger partial charge in [0.15, 0.2) is 0 Å². The molecule has 1 rings (SSSR count). The van der Waals surface area contributed by atoms with E-state index in [1.165, 1.54) is 0 Å². The molecule has 4 nitrogen and oxygen atoms in total. The van der Waals surface area contributed by atoms with Crippen molar-refractivity contribution in [1.29, 1.82) is 0 Å². The van der Waals surface area contributed by atoms with Crippen molar-refractivity contribution >= 4 is 21.7 Å². The van der Waals surface area contributed by atoms with E-state index in [2.05, 4.69) is 38.1 Å². The van der Waals surface area contributed by atoms with Crippen molar-refractivity contribution in [2.75, 3.05) is 11.9 Å². The van der Waals surface area contributed by atoms with Gasteiger partial charge in [0, 0.05) is 12.5 Å². The molecule has 1 atom stereocenters. The fraction of sp³-hybridized carbons (Fsp3) is 0.667. The van der Waals surface area contributed by atoms with Crippen LogP contribution >= 0.6 is 15.9 Å². The highest BCUT2D eigenvalue weighted by molar-refractivity contribution is 9.10. The second kappa shape index (κ2) is 6.31. The Morgan fingerprint density at radius 3 is 2.65 bits per heavy atom. The van der Waals surface area contributed by atoms with Gasteiger partial charge in [-0.05, 0) is 35.7 Å². The van der Waals surface area contributed by atoms with E-state index in [-0.39, 0.29) is 12.1 Å². The zero-order valence-electron chi connectivity index (χ0n) is 10.6. The summed E-state index contributed by atoms with van der Waals surface area (Å²) < 4.78 is 0.773. The van der Waals surface area contributed by atoms with Crippen molar-refractivity contribution in [3.05, 3.63) is 16.5 Å². The third-order valence-electron chi connectivity index (χ3n) is 2.77. The molecule has 96 valence electrons. The van der Waals surface area contributed by atoms with E-state index in [9.17, 15) is 5.11 Å². The van der Waals surface area contributed by atoms with Gasteiger partial charge in [0.2, 0.25) is 0 Å². The smallest absolute Gasteiger partial charge is 0.132 e. The summed E-state index contributed by atoms with van der Waals surface area (Å²) in [6.07, 6.45) is 2.70. The number of aromatic nitrogens is 2. The number of rotatable bonds is 6. The van der Waals surface area contributed by atoms with Gasteiger partial charge in [-0.25, -0.2) is 9.97 Å². The first-order valence-corrected chi connectivity index (χ1v) is 6.74. The fourth-order valence-electron chi connectivity index (χ4n) is 1.41. The van der Waals surface area contributed by atoms with Gasteiger partial charge in [-0.2, -0.15) is 0 Å². The van der Waals surface area contributed by atoms with Crippen LogP contribution in [0.2, 0.25) is 0 Å². The van der Waals surface area contributed by atoms with Gasteiger partial charge in [-0.1, -0.05) is 13.8 Å². The maximum atomic E-state index is 9.37. The molecule has 1 aromatic heterocycles. The van der Waals surface area contributed by atoms with Crippen LogP contribution in [0, 0.1) is 0 Å².